The summed E-state index contributed by atoms with van der Waals surface area (Å²) in [6.07, 6.45) is 2.99. The number of aromatic nitrogens is 5. The van der Waals surface area contributed by atoms with Crippen molar-refractivity contribution in [1.82, 2.24) is 24.9 Å². The first-order chi connectivity index (χ1) is 16.0. The molecule has 2 atom stereocenters. The maximum Gasteiger partial charge on any atom is 0.326 e. The molecule has 4 aromatic rings. The average molecular weight is 452 g/mol. The summed E-state index contributed by atoms with van der Waals surface area (Å²) in [6.45, 7) is 5.38. The smallest absolute Gasteiger partial charge is 0.326 e. The summed E-state index contributed by atoms with van der Waals surface area (Å²) in [4.78, 5) is 22.9. The van der Waals surface area contributed by atoms with Crippen LogP contribution in [0, 0.1) is 12.7 Å². The van der Waals surface area contributed by atoms with E-state index < -0.39 is 0 Å². The quantitative estimate of drug-likeness (QED) is 0.405. The van der Waals surface area contributed by atoms with Crippen molar-refractivity contribution in [3.05, 3.63) is 36.2 Å². The fourth-order valence-corrected chi connectivity index (χ4v) is 4.20. The monoisotopic (exact) mass is 452 g/mol. The maximum absolute atomic E-state index is 14.4. The molecule has 0 saturated carbocycles. The summed E-state index contributed by atoms with van der Waals surface area (Å²) in [5.74, 6) is 1.28. The number of nitrogens with zero attached hydrogens (tertiary/aromatic N) is 5. The molecule has 10 nitrogen and oxygen atoms in total. The molecule has 4 N–H and O–H groups in total. The number of hydrogen-bond donors (Lipinski definition) is 3. The van der Waals surface area contributed by atoms with Crippen molar-refractivity contribution in [2.24, 2.45) is 5.73 Å². The van der Waals surface area contributed by atoms with Crippen LogP contribution in [0.2, 0.25) is 0 Å². The number of aromatic amines is 1. The first kappa shape index (κ1) is 21.3. The normalized spacial score (nSPS) is 18.4. The second-order valence-corrected chi connectivity index (χ2v) is 7.93. The van der Waals surface area contributed by atoms with Crippen molar-refractivity contribution in [2.75, 3.05) is 37.0 Å². The van der Waals surface area contributed by atoms with Crippen LogP contribution in [0.25, 0.3) is 21.9 Å². The molecule has 1 fully saturated rings. The summed E-state index contributed by atoms with van der Waals surface area (Å²) in [5, 5.41) is 4.39. The number of halogens is 1. The van der Waals surface area contributed by atoms with Crippen molar-refractivity contribution in [3.8, 4) is 11.8 Å². The van der Waals surface area contributed by atoms with E-state index in [0.29, 0.717) is 59.2 Å². The zero-order valence-corrected chi connectivity index (χ0v) is 18.6. The van der Waals surface area contributed by atoms with Gasteiger partial charge in [0.2, 0.25) is 0 Å². The summed E-state index contributed by atoms with van der Waals surface area (Å²) < 4.78 is 26.1. The Morgan fingerprint density at radius 2 is 2.03 bits per heavy atom. The second kappa shape index (κ2) is 8.41. The Morgan fingerprint density at radius 3 is 2.76 bits per heavy atom. The molecule has 0 aliphatic carbocycles. The highest BCUT2D eigenvalue weighted by molar-refractivity contribution is 6.14. The number of hydrogen-bond acceptors (Lipinski definition) is 9. The van der Waals surface area contributed by atoms with Crippen LogP contribution >= 0.6 is 0 Å². The van der Waals surface area contributed by atoms with Crippen molar-refractivity contribution >= 4 is 33.4 Å². The minimum atomic E-state index is -0.360. The minimum absolute atomic E-state index is 0.122. The highest BCUT2D eigenvalue weighted by atomic mass is 19.1. The third kappa shape index (κ3) is 3.89. The Bertz CT molecular complexity index is 1310. The maximum atomic E-state index is 14.4. The zero-order valence-electron chi connectivity index (χ0n) is 18.6. The Labute approximate surface area is 189 Å². The van der Waals surface area contributed by atoms with Gasteiger partial charge in [-0.05, 0) is 26.0 Å². The van der Waals surface area contributed by atoms with Gasteiger partial charge in [0.05, 0.1) is 41.1 Å². The molecule has 1 aliphatic heterocycles. The third-order valence-corrected chi connectivity index (χ3v) is 5.71. The molecule has 0 bridgehead atoms. The summed E-state index contributed by atoms with van der Waals surface area (Å²) in [7, 11) is 1.74. The lowest BCUT2D eigenvalue weighted by molar-refractivity contribution is 0.0680. The molecule has 11 heteroatoms. The molecule has 33 heavy (non-hydrogen) atoms. The third-order valence-electron chi connectivity index (χ3n) is 5.71. The van der Waals surface area contributed by atoms with Crippen LogP contribution in [0.4, 0.5) is 15.9 Å². The van der Waals surface area contributed by atoms with Crippen molar-refractivity contribution in [1.29, 1.82) is 0 Å². The lowest BCUT2D eigenvalue weighted by atomic mass is 10.1. The zero-order chi connectivity index (χ0) is 23.1. The van der Waals surface area contributed by atoms with Gasteiger partial charge in [0.25, 0.3) is 0 Å². The number of aryl methyl sites for hydroxylation is 1. The predicted molar refractivity (Wildman–Crippen MR) is 123 cm³/mol. The van der Waals surface area contributed by atoms with Crippen LogP contribution in [-0.4, -0.2) is 63.8 Å². The van der Waals surface area contributed by atoms with Gasteiger partial charge in [0.1, 0.15) is 23.1 Å². The van der Waals surface area contributed by atoms with E-state index in [1.807, 2.05) is 11.8 Å². The predicted octanol–water partition coefficient (Wildman–Crippen LogP) is 2.74. The van der Waals surface area contributed by atoms with Crippen LogP contribution in [-0.2, 0) is 4.74 Å². The highest BCUT2D eigenvalue weighted by Crippen LogP contribution is 2.38. The Kier molecular flexibility index (Phi) is 5.43. The molecule has 0 radical (unpaired) electrons. The molecular formula is C22H25FN8O2. The van der Waals surface area contributed by atoms with Gasteiger partial charge < -0.3 is 30.4 Å². The summed E-state index contributed by atoms with van der Waals surface area (Å²) in [5.41, 5.74) is 8.20. The summed E-state index contributed by atoms with van der Waals surface area (Å²) >= 11 is 0. The summed E-state index contributed by atoms with van der Waals surface area (Å²) in [6, 6.07) is 2.85. The van der Waals surface area contributed by atoms with Crippen molar-refractivity contribution in [3.63, 3.8) is 0 Å². The second-order valence-electron chi connectivity index (χ2n) is 7.93. The van der Waals surface area contributed by atoms with Gasteiger partial charge in [0, 0.05) is 32.1 Å². The van der Waals surface area contributed by atoms with E-state index in [4.69, 9.17) is 20.2 Å². The van der Waals surface area contributed by atoms with Gasteiger partial charge in [-0.25, -0.2) is 14.4 Å². The van der Waals surface area contributed by atoms with Gasteiger partial charge in [-0.1, -0.05) is 0 Å². The minimum Gasteiger partial charge on any atom is -0.421 e. The largest absolute Gasteiger partial charge is 0.421 e. The van der Waals surface area contributed by atoms with Crippen LogP contribution in [0.5, 0.6) is 11.8 Å². The molecule has 4 heterocycles. The molecule has 172 valence electrons. The molecule has 1 aliphatic rings. The van der Waals surface area contributed by atoms with Gasteiger partial charge in [0.15, 0.2) is 5.75 Å². The lowest BCUT2D eigenvalue weighted by Crippen LogP contribution is -2.35. The van der Waals surface area contributed by atoms with E-state index in [0.717, 1.165) is 5.52 Å². The SMILES string of the molecule is CCOC1CN(c2nc(Oc3cnc(C)nc3)nc3[nH]c4c(NC)cc(F)cc4c23)C[C@@H]1N. The van der Waals surface area contributed by atoms with Gasteiger partial charge in [-0.15, -0.1) is 0 Å². The van der Waals surface area contributed by atoms with Crippen LogP contribution < -0.4 is 20.7 Å². The van der Waals surface area contributed by atoms with E-state index >= 15 is 0 Å². The Balaban J connectivity index is 1.68. The molecule has 1 unspecified atom stereocenters. The van der Waals surface area contributed by atoms with Gasteiger partial charge >= 0.3 is 6.01 Å². The molecule has 0 amide bonds. The molecule has 0 spiro atoms. The fourth-order valence-electron chi connectivity index (χ4n) is 4.20. The number of nitrogens with two attached hydrogens (primary N) is 1. The van der Waals surface area contributed by atoms with E-state index in [1.165, 1.54) is 12.1 Å². The number of benzene rings is 1. The Morgan fingerprint density at radius 1 is 1.24 bits per heavy atom. The number of ether oxygens (including phenoxy) is 2. The van der Waals surface area contributed by atoms with Crippen molar-refractivity contribution < 1.29 is 13.9 Å². The average Bonchev–Trinajstić information content (AvgIpc) is 3.35. The van der Waals surface area contributed by atoms with Gasteiger partial charge in [-0.2, -0.15) is 9.97 Å². The Hall–Kier alpha value is -3.57. The molecule has 5 rings (SSSR count). The van der Waals surface area contributed by atoms with E-state index in [2.05, 4.69) is 25.3 Å². The highest BCUT2D eigenvalue weighted by Gasteiger charge is 2.33. The standard InChI is InChI=1S/C22H25FN8O2/c1-4-32-17-10-31(9-15(17)24)21-18-14-5-12(23)6-16(25-3)19(14)28-20(18)29-22(30-21)33-13-7-26-11(2)27-8-13/h5-8,15,17,25H,4,9-10,24H2,1-3H3,(H,28,29,30)/t15-,17?/m0/s1. The van der Waals surface area contributed by atoms with E-state index in [9.17, 15) is 4.39 Å². The van der Waals surface area contributed by atoms with Crippen molar-refractivity contribution in [2.45, 2.75) is 26.0 Å². The number of rotatable bonds is 6. The first-order valence-electron chi connectivity index (χ1n) is 10.8. The molecule has 3 aromatic heterocycles. The number of anilines is 2. The van der Waals surface area contributed by atoms with E-state index in [-0.39, 0.29) is 24.0 Å². The van der Waals surface area contributed by atoms with Crippen LogP contribution in [0.15, 0.2) is 24.5 Å². The number of nitrogens with one attached hydrogen (secondary N) is 2. The molecule has 1 aromatic carbocycles. The van der Waals surface area contributed by atoms with Gasteiger partial charge in [-0.3, -0.25) is 0 Å². The fraction of sp³-hybridized carbons (Fsp3) is 0.364. The van der Waals surface area contributed by atoms with Crippen LogP contribution in [0.3, 0.4) is 0 Å². The molecule has 1 saturated heterocycles. The van der Waals surface area contributed by atoms with E-state index in [1.54, 1.807) is 26.4 Å². The number of fused-ring (bicyclic) bond motifs is 3. The number of H-pyrrole nitrogens is 1. The topological polar surface area (TPSA) is 127 Å². The molecular weight excluding hydrogens is 427 g/mol. The lowest BCUT2D eigenvalue weighted by Gasteiger charge is -2.19. The first-order valence-corrected chi connectivity index (χ1v) is 10.8. The van der Waals surface area contributed by atoms with Crippen LogP contribution in [0.1, 0.15) is 12.7 Å².